The molecule has 1 aromatic carbocycles. The lowest BCUT2D eigenvalue weighted by Crippen LogP contribution is -2.40. The van der Waals surface area contributed by atoms with Crippen molar-refractivity contribution in [1.82, 2.24) is 14.3 Å². The van der Waals surface area contributed by atoms with E-state index in [0.29, 0.717) is 16.7 Å². The van der Waals surface area contributed by atoms with Gasteiger partial charge in [0.15, 0.2) is 0 Å². The molecular weight excluding hydrogens is 310 g/mol. The topological polar surface area (TPSA) is 70.0 Å². The van der Waals surface area contributed by atoms with E-state index in [4.69, 9.17) is 0 Å². The molecule has 6 heteroatoms. The molecule has 0 aliphatic rings. The summed E-state index contributed by atoms with van der Waals surface area (Å²) in [6.45, 7) is 11.5. The number of nitrogens with zero attached hydrogens (tertiary/aromatic N) is 2. The molecule has 0 spiro atoms. The number of hydrogen-bond donors (Lipinski definition) is 1. The van der Waals surface area contributed by atoms with Gasteiger partial charge in [-0.25, -0.2) is 4.98 Å². The van der Waals surface area contributed by atoms with E-state index < -0.39 is 11.4 Å². The van der Waals surface area contributed by atoms with Crippen molar-refractivity contribution in [2.24, 2.45) is 7.05 Å². The number of fused-ring (bicyclic) bond motifs is 1. The molecule has 0 saturated heterocycles. The summed E-state index contributed by atoms with van der Waals surface area (Å²) in [6, 6.07) is 3.70. The Morgan fingerprint density at radius 2 is 1.91 bits per heavy atom. The van der Waals surface area contributed by atoms with E-state index in [9.17, 15) is 9.35 Å². The number of aromatic nitrogens is 2. The molecule has 0 saturated carbocycles. The van der Waals surface area contributed by atoms with E-state index >= 15 is 0 Å². The highest BCUT2D eigenvalue weighted by Crippen LogP contribution is 2.25. The Morgan fingerprint density at radius 1 is 1.30 bits per heavy atom. The third-order valence-electron chi connectivity index (χ3n) is 3.88. The number of aryl methyl sites for hydroxylation is 2. The van der Waals surface area contributed by atoms with Gasteiger partial charge >= 0.3 is 0 Å². The Hall–Kier alpha value is -1.37. The van der Waals surface area contributed by atoms with E-state index in [0.717, 1.165) is 11.1 Å². The number of nitrogens with one attached hydrogen (secondary N) is 1. The largest absolute Gasteiger partial charge is 0.598 e. The molecule has 1 unspecified atom stereocenters. The van der Waals surface area contributed by atoms with Gasteiger partial charge in [-0.3, -0.25) is 9.36 Å². The van der Waals surface area contributed by atoms with Crippen LogP contribution in [0, 0.1) is 13.8 Å². The molecule has 2 atom stereocenters. The normalized spacial score (nSPS) is 15.0. The second-order valence-electron chi connectivity index (χ2n) is 6.99. The summed E-state index contributed by atoms with van der Waals surface area (Å²) < 4.78 is 16.7. The molecule has 1 N–H and O–H groups in total. The van der Waals surface area contributed by atoms with E-state index in [1.807, 2.05) is 53.7 Å². The van der Waals surface area contributed by atoms with Crippen LogP contribution in [0.3, 0.4) is 0 Å². The fourth-order valence-electron chi connectivity index (χ4n) is 2.39. The van der Waals surface area contributed by atoms with Crippen molar-refractivity contribution in [3.63, 3.8) is 0 Å². The first-order valence-electron chi connectivity index (χ1n) is 7.68. The Bertz CT molecular complexity index is 793. The second-order valence-corrected chi connectivity index (χ2v) is 8.99. The molecule has 2 rings (SSSR count). The first kappa shape index (κ1) is 18.0. The molecule has 0 aliphatic carbocycles. The van der Waals surface area contributed by atoms with Crippen molar-refractivity contribution in [3.8, 4) is 0 Å². The molecule has 0 amide bonds. The van der Waals surface area contributed by atoms with Crippen molar-refractivity contribution in [2.45, 2.75) is 52.3 Å². The predicted octanol–water partition coefficient (Wildman–Crippen LogP) is 2.66. The van der Waals surface area contributed by atoms with Crippen LogP contribution in [0.4, 0.5) is 0 Å². The van der Waals surface area contributed by atoms with Gasteiger partial charge in [0.2, 0.25) is 0 Å². The van der Waals surface area contributed by atoms with Crippen LogP contribution in [0.2, 0.25) is 0 Å². The second kappa shape index (κ2) is 6.26. The molecule has 0 fully saturated rings. The van der Waals surface area contributed by atoms with Crippen molar-refractivity contribution in [3.05, 3.63) is 39.4 Å². The number of benzene rings is 1. The minimum absolute atomic E-state index is 0.0541. The molecule has 0 radical (unpaired) electrons. The van der Waals surface area contributed by atoms with E-state index in [-0.39, 0.29) is 16.3 Å². The highest BCUT2D eigenvalue weighted by Gasteiger charge is 2.29. The van der Waals surface area contributed by atoms with E-state index in [1.54, 1.807) is 11.6 Å². The van der Waals surface area contributed by atoms with Crippen LogP contribution < -0.4 is 10.3 Å². The summed E-state index contributed by atoms with van der Waals surface area (Å²) in [5.74, 6) is 0.664. The summed E-state index contributed by atoms with van der Waals surface area (Å²) >= 11 is -1.19. The third kappa shape index (κ3) is 3.59. The molecule has 0 bridgehead atoms. The zero-order chi connectivity index (χ0) is 17.5. The zero-order valence-electron chi connectivity index (χ0n) is 14.9. The quantitative estimate of drug-likeness (QED) is 0.876. The Balaban J connectivity index is 2.59. The summed E-state index contributed by atoms with van der Waals surface area (Å²) in [6.07, 6.45) is 0. The van der Waals surface area contributed by atoms with Crippen molar-refractivity contribution < 1.29 is 4.55 Å². The van der Waals surface area contributed by atoms with Crippen LogP contribution in [0.5, 0.6) is 0 Å². The molecule has 0 aliphatic heterocycles. The van der Waals surface area contributed by atoms with Crippen LogP contribution in [0.15, 0.2) is 16.9 Å². The fraction of sp³-hybridized carbons (Fsp3) is 0.529. The van der Waals surface area contributed by atoms with Gasteiger partial charge in [-0.15, -0.1) is 4.72 Å². The molecule has 1 aromatic heterocycles. The highest BCUT2D eigenvalue weighted by molar-refractivity contribution is 7.90. The van der Waals surface area contributed by atoms with Crippen molar-refractivity contribution in [1.29, 1.82) is 0 Å². The Labute approximate surface area is 140 Å². The van der Waals surface area contributed by atoms with Gasteiger partial charge in [0.25, 0.3) is 5.56 Å². The third-order valence-corrected chi connectivity index (χ3v) is 5.56. The first-order chi connectivity index (χ1) is 10.5. The smallest absolute Gasteiger partial charge is 0.261 e. The van der Waals surface area contributed by atoms with E-state index in [2.05, 4.69) is 9.71 Å². The zero-order valence-corrected chi connectivity index (χ0v) is 15.7. The summed E-state index contributed by atoms with van der Waals surface area (Å²) in [7, 11) is 1.72. The predicted molar refractivity (Wildman–Crippen MR) is 95.9 cm³/mol. The van der Waals surface area contributed by atoms with Crippen LogP contribution in [-0.2, 0) is 18.4 Å². The van der Waals surface area contributed by atoms with Crippen LogP contribution in [-0.4, -0.2) is 18.9 Å². The van der Waals surface area contributed by atoms with E-state index in [1.165, 1.54) is 0 Å². The SMILES string of the molecule is Cc1cc(C(C)N[S@+]([O-])C(C)(C)C)c2nc(C)n(C)c(=O)c2c1. The lowest BCUT2D eigenvalue weighted by molar-refractivity contribution is 0.531. The number of rotatable bonds is 3. The van der Waals surface area contributed by atoms with Crippen LogP contribution in [0.1, 0.15) is 50.7 Å². The average molecular weight is 335 g/mol. The molecule has 23 heavy (non-hydrogen) atoms. The monoisotopic (exact) mass is 335 g/mol. The maximum Gasteiger partial charge on any atom is 0.261 e. The number of hydrogen-bond acceptors (Lipinski definition) is 4. The highest BCUT2D eigenvalue weighted by atomic mass is 32.2. The van der Waals surface area contributed by atoms with Gasteiger partial charge in [-0.2, -0.15) is 0 Å². The lowest BCUT2D eigenvalue weighted by atomic mass is 10.0. The Morgan fingerprint density at radius 3 is 2.48 bits per heavy atom. The minimum atomic E-state index is -1.19. The molecule has 2 aromatic rings. The van der Waals surface area contributed by atoms with Gasteiger partial charge in [0.1, 0.15) is 10.6 Å². The van der Waals surface area contributed by atoms with Crippen molar-refractivity contribution >= 4 is 22.3 Å². The lowest BCUT2D eigenvalue weighted by Gasteiger charge is -2.27. The van der Waals surface area contributed by atoms with Crippen molar-refractivity contribution in [2.75, 3.05) is 0 Å². The minimum Gasteiger partial charge on any atom is -0.598 e. The summed E-state index contributed by atoms with van der Waals surface area (Å²) in [5, 5.41) is 0.600. The standard InChI is InChI=1S/C17H25N3O2S/c1-10-8-13(11(2)19-23(22)17(4,5)6)15-14(9-10)16(21)20(7)12(3)18-15/h8-9,11,19H,1-7H3/t11?,23-/m1/s1. The van der Waals surface area contributed by atoms with Gasteiger partial charge in [0.05, 0.1) is 16.9 Å². The van der Waals surface area contributed by atoms with Gasteiger partial charge in [-0.1, -0.05) is 6.07 Å². The average Bonchev–Trinajstić information content (AvgIpc) is 2.44. The maximum atomic E-state index is 12.5. The first-order valence-corrected chi connectivity index (χ1v) is 8.83. The Kier molecular flexibility index (Phi) is 4.89. The summed E-state index contributed by atoms with van der Waals surface area (Å²) in [5.41, 5.74) is 2.52. The van der Waals surface area contributed by atoms with Gasteiger partial charge in [0, 0.05) is 24.0 Å². The molecular formula is C17H25N3O2S. The van der Waals surface area contributed by atoms with Crippen LogP contribution >= 0.6 is 0 Å². The maximum absolute atomic E-state index is 12.5. The van der Waals surface area contributed by atoms with Gasteiger partial charge in [-0.05, 0) is 53.2 Å². The fourth-order valence-corrected chi connectivity index (χ4v) is 3.19. The summed E-state index contributed by atoms with van der Waals surface area (Å²) in [4.78, 5) is 17.1. The van der Waals surface area contributed by atoms with Crippen LogP contribution in [0.25, 0.3) is 10.9 Å². The molecule has 5 nitrogen and oxygen atoms in total. The molecule has 1 heterocycles. The van der Waals surface area contributed by atoms with Gasteiger partial charge < -0.3 is 4.55 Å². The molecule has 126 valence electrons.